The fourth-order valence-electron chi connectivity index (χ4n) is 1.38. The molecule has 0 amide bonds. The summed E-state index contributed by atoms with van der Waals surface area (Å²) in [5.74, 6) is -0.220. The van der Waals surface area contributed by atoms with Gasteiger partial charge in [0.1, 0.15) is 5.82 Å². The van der Waals surface area contributed by atoms with Crippen LogP contribution < -0.4 is 4.72 Å². The second kappa shape index (κ2) is 5.23. The first-order valence-electron chi connectivity index (χ1n) is 5.18. The van der Waals surface area contributed by atoms with Crippen LogP contribution in [0.15, 0.2) is 35.7 Å². The molecule has 2 aromatic heterocycles. The van der Waals surface area contributed by atoms with Crippen molar-refractivity contribution >= 4 is 10.0 Å². The van der Waals surface area contributed by atoms with Gasteiger partial charge in [-0.3, -0.25) is 0 Å². The topological polar surface area (TPSA) is 87.7 Å². The molecular weight excluding hydrogens is 259 g/mol. The van der Waals surface area contributed by atoms with Crippen LogP contribution in [0.3, 0.4) is 0 Å². The predicted octanol–water partition coefficient (Wildman–Crippen LogP) is 0.465. The lowest BCUT2D eigenvalue weighted by Crippen LogP contribution is -2.27. The summed E-state index contributed by atoms with van der Waals surface area (Å²) in [6.07, 6.45) is 4.83. The number of imidazole rings is 1. The number of pyridine rings is 1. The lowest BCUT2D eigenvalue weighted by molar-refractivity contribution is 0.544. The van der Waals surface area contributed by atoms with Gasteiger partial charge in [-0.05, 0) is 12.1 Å². The van der Waals surface area contributed by atoms with E-state index in [4.69, 9.17) is 0 Å². The van der Waals surface area contributed by atoms with Crippen LogP contribution in [0.5, 0.6) is 0 Å². The average molecular weight is 270 g/mol. The molecule has 2 aromatic rings. The molecule has 2 heterocycles. The third-order valence-electron chi connectivity index (χ3n) is 2.19. The van der Waals surface area contributed by atoms with Crippen molar-refractivity contribution in [3.05, 3.63) is 42.4 Å². The molecule has 96 valence electrons. The SMILES string of the molecule is O=S(=O)(NCCc1ncc[nH]1)c1ncccc1F. The van der Waals surface area contributed by atoms with Crippen molar-refractivity contribution in [3.8, 4) is 0 Å². The molecule has 2 N–H and O–H groups in total. The Bertz CT molecular complexity index is 613. The Balaban J connectivity index is 2.02. The number of nitrogens with one attached hydrogen (secondary N) is 2. The maximum absolute atomic E-state index is 13.3. The van der Waals surface area contributed by atoms with Crippen LogP contribution in [0.2, 0.25) is 0 Å². The Kier molecular flexibility index (Phi) is 3.68. The molecule has 0 bridgehead atoms. The van der Waals surface area contributed by atoms with Gasteiger partial charge < -0.3 is 4.98 Å². The Morgan fingerprint density at radius 1 is 1.33 bits per heavy atom. The minimum Gasteiger partial charge on any atom is -0.349 e. The summed E-state index contributed by atoms with van der Waals surface area (Å²) in [6, 6.07) is 2.38. The van der Waals surface area contributed by atoms with E-state index in [9.17, 15) is 12.8 Å². The van der Waals surface area contributed by atoms with Crippen molar-refractivity contribution in [2.24, 2.45) is 0 Å². The van der Waals surface area contributed by atoms with Crippen molar-refractivity contribution in [2.75, 3.05) is 6.54 Å². The Morgan fingerprint density at radius 3 is 2.83 bits per heavy atom. The zero-order chi connectivity index (χ0) is 13.0. The maximum atomic E-state index is 13.3. The number of rotatable bonds is 5. The number of hydrogen-bond donors (Lipinski definition) is 2. The van der Waals surface area contributed by atoms with E-state index in [1.54, 1.807) is 12.4 Å². The molecular formula is C10H11FN4O2S. The summed E-state index contributed by atoms with van der Waals surface area (Å²) in [5, 5.41) is -0.593. The van der Waals surface area contributed by atoms with Crippen molar-refractivity contribution in [1.82, 2.24) is 19.7 Å². The van der Waals surface area contributed by atoms with Gasteiger partial charge in [-0.25, -0.2) is 27.5 Å². The minimum atomic E-state index is -3.92. The monoisotopic (exact) mass is 270 g/mol. The largest absolute Gasteiger partial charge is 0.349 e. The number of aromatic amines is 1. The number of hydrogen-bond acceptors (Lipinski definition) is 4. The molecule has 0 fully saturated rings. The minimum absolute atomic E-state index is 0.117. The summed E-state index contributed by atoms with van der Waals surface area (Å²) in [6.45, 7) is 0.117. The van der Waals surface area contributed by atoms with E-state index in [2.05, 4.69) is 19.7 Å². The lowest BCUT2D eigenvalue weighted by Gasteiger charge is -2.05. The first-order valence-corrected chi connectivity index (χ1v) is 6.66. The number of nitrogens with zero attached hydrogens (tertiary/aromatic N) is 2. The van der Waals surface area contributed by atoms with Crippen LogP contribution in [0, 0.1) is 5.82 Å². The molecule has 0 radical (unpaired) electrons. The molecule has 6 nitrogen and oxygen atoms in total. The first-order chi connectivity index (χ1) is 8.59. The normalized spacial score (nSPS) is 11.6. The van der Waals surface area contributed by atoms with Gasteiger partial charge in [0.2, 0.25) is 5.03 Å². The van der Waals surface area contributed by atoms with E-state index in [-0.39, 0.29) is 6.54 Å². The van der Waals surface area contributed by atoms with Gasteiger partial charge in [0, 0.05) is 31.6 Å². The van der Waals surface area contributed by atoms with E-state index < -0.39 is 20.9 Å². The molecule has 0 aromatic carbocycles. The molecule has 2 rings (SSSR count). The third-order valence-corrected chi connectivity index (χ3v) is 3.58. The first kappa shape index (κ1) is 12.7. The smallest absolute Gasteiger partial charge is 0.261 e. The summed E-state index contributed by atoms with van der Waals surface area (Å²) in [4.78, 5) is 10.3. The standard InChI is InChI=1S/C10H11FN4O2S/c11-8-2-1-4-14-10(8)18(16,17)15-5-3-9-12-6-7-13-9/h1-2,4,6-7,15H,3,5H2,(H,12,13). The highest BCUT2D eigenvalue weighted by atomic mass is 32.2. The molecule has 0 aliphatic heterocycles. The second-order valence-corrected chi connectivity index (χ2v) is 5.16. The fraction of sp³-hybridized carbons (Fsp3) is 0.200. The second-order valence-electron chi connectivity index (χ2n) is 3.47. The summed E-state index contributed by atoms with van der Waals surface area (Å²) < 4.78 is 39.0. The quantitative estimate of drug-likeness (QED) is 0.826. The molecule has 0 spiro atoms. The van der Waals surface area contributed by atoms with E-state index in [0.717, 1.165) is 6.07 Å². The highest BCUT2D eigenvalue weighted by Gasteiger charge is 2.19. The van der Waals surface area contributed by atoms with Crippen molar-refractivity contribution in [3.63, 3.8) is 0 Å². The predicted molar refractivity (Wildman–Crippen MR) is 61.7 cm³/mol. The Hall–Kier alpha value is -1.80. The van der Waals surface area contributed by atoms with Gasteiger partial charge in [0.05, 0.1) is 0 Å². The maximum Gasteiger partial charge on any atom is 0.261 e. The van der Waals surface area contributed by atoms with E-state index in [1.807, 2.05) is 0 Å². The third kappa shape index (κ3) is 2.90. The van der Waals surface area contributed by atoms with Crippen molar-refractivity contribution in [2.45, 2.75) is 11.4 Å². The van der Waals surface area contributed by atoms with Gasteiger partial charge in [-0.1, -0.05) is 0 Å². The Morgan fingerprint density at radius 2 is 2.17 bits per heavy atom. The summed E-state index contributed by atoms with van der Waals surface area (Å²) in [7, 11) is -3.92. The zero-order valence-corrected chi connectivity index (χ0v) is 10.1. The number of halogens is 1. The van der Waals surface area contributed by atoms with Crippen LogP contribution in [-0.2, 0) is 16.4 Å². The highest BCUT2D eigenvalue weighted by molar-refractivity contribution is 7.89. The van der Waals surface area contributed by atoms with Crippen LogP contribution in [0.1, 0.15) is 5.82 Å². The zero-order valence-electron chi connectivity index (χ0n) is 9.30. The van der Waals surface area contributed by atoms with Crippen LogP contribution in [0.4, 0.5) is 4.39 Å². The number of H-pyrrole nitrogens is 1. The Labute approximate surface area is 103 Å². The van der Waals surface area contributed by atoms with Crippen molar-refractivity contribution in [1.29, 1.82) is 0 Å². The highest BCUT2D eigenvalue weighted by Crippen LogP contribution is 2.09. The van der Waals surface area contributed by atoms with E-state index in [0.29, 0.717) is 12.2 Å². The summed E-state index contributed by atoms with van der Waals surface area (Å²) >= 11 is 0. The number of aromatic nitrogens is 3. The fourth-order valence-corrected chi connectivity index (χ4v) is 2.41. The lowest BCUT2D eigenvalue weighted by atomic mass is 10.4. The molecule has 18 heavy (non-hydrogen) atoms. The van der Waals surface area contributed by atoms with Crippen LogP contribution in [0.25, 0.3) is 0 Å². The molecule has 0 saturated carbocycles. The van der Waals surface area contributed by atoms with Crippen LogP contribution in [-0.4, -0.2) is 29.9 Å². The van der Waals surface area contributed by atoms with Gasteiger partial charge in [-0.15, -0.1) is 0 Å². The summed E-state index contributed by atoms with van der Waals surface area (Å²) in [5.41, 5.74) is 0. The van der Waals surface area contributed by atoms with Crippen molar-refractivity contribution < 1.29 is 12.8 Å². The molecule has 8 heteroatoms. The molecule has 0 aliphatic carbocycles. The van der Waals surface area contributed by atoms with Gasteiger partial charge in [0.25, 0.3) is 10.0 Å². The van der Waals surface area contributed by atoms with Gasteiger partial charge >= 0.3 is 0 Å². The van der Waals surface area contributed by atoms with E-state index >= 15 is 0 Å². The van der Waals surface area contributed by atoms with Crippen LogP contribution >= 0.6 is 0 Å². The van der Waals surface area contributed by atoms with Gasteiger partial charge in [0.15, 0.2) is 5.82 Å². The number of sulfonamides is 1. The average Bonchev–Trinajstić information content (AvgIpc) is 2.82. The molecule has 0 aliphatic rings. The van der Waals surface area contributed by atoms with Gasteiger partial charge in [-0.2, -0.15) is 0 Å². The molecule has 0 saturated heterocycles. The molecule has 0 atom stereocenters. The molecule has 0 unspecified atom stereocenters. The van der Waals surface area contributed by atoms with E-state index in [1.165, 1.54) is 12.3 Å².